The summed E-state index contributed by atoms with van der Waals surface area (Å²) in [4.78, 5) is 41.1. The molecule has 6 rings (SSSR count). The first-order valence-corrected chi connectivity index (χ1v) is 19.9. The molecule has 2 fully saturated rings. The zero-order chi connectivity index (χ0) is 39.2. The summed E-state index contributed by atoms with van der Waals surface area (Å²) in [7, 11) is 0. The molecule has 0 bridgehead atoms. The van der Waals surface area contributed by atoms with E-state index in [9.17, 15) is 27.2 Å². The molecule has 0 unspecified atom stereocenters. The highest BCUT2D eigenvalue weighted by Crippen LogP contribution is 2.28. The molecule has 7 nitrogen and oxygen atoms in total. The number of hydrogen-bond donors (Lipinski definition) is 2. The second-order valence-electron chi connectivity index (χ2n) is 14.4. The number of carboxylic acid groups (broad SMARTS) is 1. The van der Waals surface area contributed by atoms with Gasteiger partial charge in [-0.2, -0.15) is 13.2 Å². The lowest BCUT2D eigenvalue weighted by atomic mass is 9.87. The average molecular weight is 780 g/mol. The third-order valence-corrected chi connectivity index (χ3v) is 11.3. The Balaban J connectivity index is 0.000000757. The summed E-state index contributed by atoms with van der Waals surface area (Å²) < 4.78 is 45.6. The summed E-state index contributed by atoms with van der Waals surface area (Å²) in [5.41, 5.74) is 4.43. The van der Waals surface area contributed by atoms with E-state index in [-0.39, 0.29) is 24.1 Å². The van der Waals surface area contributed by atoms with Crippen LogP contribution in [0.2, 0.25) is 0 Å². The van der Waals surface area contributed by atoms with Crippen molar-refractivity contribution >= 4 is 29.1 Å². The van der Waals surface area contributed by atoms with Gasteiger partial charge >= 0.3 is 12.1 Å². The first-order valence-electron chi connectivity index (χ1n) is 19.0. The number of piperidine rings is 2. The van der Waals surface area contributed by atoms with Crippen LogP contribution in [0.1, 0.15) is 71.3 Å². The molecule has 2 N–H and O–H groups in total. The minimum atomic E-state index is -5.08. The fourth-order valence-corrected chi connectivity index (χ4v) is 8.00. The number of rotatable bonds is 13. The van der Waals surface area contributed by atoms with Gasteiger partial charge in [0.2, 0.25) is 5.91 Å². The molecule has 0 aliphatic carbocycles. The Morgan fingerprint density at radius 1 is 0.818 bits per heavy atom. The van der Waals surface area contributed by atoms with Crippen molar-refractivity contribution in [1.82, 2.24) is 15.1 Å². The van der Waals surface area contributed by atoms with Gasteiger partial charge in [-0.15, -0.1) is 11.3 Å². The second kappa shape index (κ2) is 20.4. The van der Waals surface area contributed by atoms with E-state index < -0.39 is 12.1 Å². The van der Waals surface area contributed by atoms with Gasteiger partial charge in [-0.1, -0.05) is 67.8 Å². The first-order chi connectivity index (χ1) is 26.4. The fourth-order valence-electron chi connectivity index (χ4n) is 7.30. The standard InChI is InChI=1S/C41H48FN3O2S.C2HF3O2/c42-38-13-3-8-33(27-38)28-40(46)45(24-19-39-14-5-25-48-39)30-34-9-2-10-35(26-34)36-11-4-12-37(29-36)41(47)44-22-17-32(18-23-44)7-1-6-31-15-20-43-21-16-31;3-2(4,5)1(6)7/h2-5,8-14,25-27,29,31-32,43H,1,6-7,15-24,28,30H2;(H,6,7). The predicted molar refractivity (Wildman–Crippen MR) is 207 cm³/mol. The number of carbonyl (C=O) groups is 3. The molecule has 0 radical (unpaired) electrons. The number of nitrogens with one attached hydrogen (secondary N) is 1. The Morgan fingerprint density at radius 3 is 2.11 bits per heavy atom. The molecule has 1 aromatic heterocycles. The third-order valence-electron chi connectivity index (χ3n) is 10.4. The monoisotopic (exact) mass is 779 g/mol. The zero-order valence-corrected chi connectivity index (χ0v) is 31.7. The van der Waals surface area contributed by atoms with E-state index >= 15 is 0 Å². The normalized spacial score (nSPS) is 15.2. The molecular formula is C43H49F4N3O4S. The number of aliphatic carboxylic acids is 1. The lowest BCUT2D eigenvalue weighted by Gasteiger charge is -2.32. The molecule has 4 aromatic rings. The summed E-state index contributed by atoms with van der Waals surface area (Å²) in [6.45, 7) is 5.06. The maximum absolute atomic E-state index is 13.9. The molecule has 55 heavy (non-hydrogen) atoms. The zero-order valence-electron chi connectivity index (χ0n) is 30.9. The molecule has 0 saturated carbocycles. The van der Waals surface area contributed by atoms with Gasteiger partial charge in [0.15, 0.2) is 0 Å². The Bertz CT molecular complexity index is 1840. The minimum absolute atomic E-state index is 0.0271. The van der Waals surface area contributed by atoms with Crippen molar-refractivity contribution in [2.24, 2.45) is 11.8 Å². The van der Waals surface area contributed by atoms with Crippen LogP contribution in [0, 0.1) is 17.7 Å². The largest absolute Gasteiger partial charge is 0.490 e. The Hall–Kier alpha value is -4.55. The molecule has 3 heterocycles. The van der Waals surface area contributed by atoms with Crippen LogP contribution in [0.4, 0.5) is 17.6 Å². The Labute approximate surface area is 324 Å². The summed E-state index contributed by atoms with van der Waals surface area (Å²) in [6, 6.07) is 26.6. The molecule has 2 aliphatic heterocycles. The number of likely N-dealkylation sites (tertiary alicyclic amines) is 1. The third kappa shape index (κ3) is 13.3. The van der Waals surface area contributed by atoms with Gasteiger partial charge in [-0.05, 0) is 121 Å². The van der Waals surface area contributed by atoms with Crippen molar-refractivity contribution < 1.29 is 37.1 Å². The summed E-state index contributed by atoms with van der Waals surface area (Å²) in [6.07, 6.45) is 4.64. The predicted octanol–water partition coefficient (Wildman–Crippen LogP) is 9.02. The molecule has 0 atom stereocenters. The van der Waals surface area contributed by atoms with Crippen LogP contribution in [0.3, 0.4) is 0 Å². The van der Waals surface area contributed by atoms with Gasteiger partial charge in [0, 0.05) is 36.6 Å². The maximum atomic E-state index is 13.9. The van der Waals surface area contributed by atoms with Crippen molar-refractivity contribution in [2.45, 2.75) is 70.5 Å². The van der Waals surface area contributed by atoms with Crippen LogP contribution in [0.15, 0.2) is 90.3 Å². The van der Waals surface area contributed by atoms with Gasteiger partial charge in [-0.25, -0.2) is 9.18 Å². The Morgan fingerprint density at radius 2 is 1.45 bits per heavy atom. The van der Waals surface area contributed by atoms with Gasteiger partial charge < -0.3 is 20.2 Å². The van der Waals surface area contributed by atoms with Crippen molar-refractivity contribution in [3.63, 3.8) is 0 Å². The van der Waals surface area contributed by atoms with Gasteiger partial charge in [0.25, 0.3) is 5.91 Å². The SMILES string of the molecule is O=C(Cc1cccc(F)c1)N(CCc1cccs1)Cc1cccc(-c2cccc(C(=O)N3CCC(CCCC4CCNCC4)CC3)c2)c1.O=C(O)C(F)(F)F. The average Bonchev–Trinajstić information content (AvgIpc) is 3.71. The number of nitrogens with zero attached hydrogens (tertiary/aromatic N) is 2. The van der Waals surface area contributed by atoms with E-state index in [0.717, 1.165) is 66.4 Å². The number of carboxylic acids is 1. The van der Waals surface area contributed by atoms with Crippen molar-refractivity contribution in [2.75, 3.05) is 32.7 Å². The smallest absolute Gasteiger partial charge is 0.475 e. The summed E-state index contributed by atoms with van der Waals surface area (Å²) >= 11 is 1.69. The van der Waals surface area contributed by atoms with Gasteiger partial charge in [0.1, 0.15) is 5.82 Å². The van der Waals surface area contributed by atoms with Gasteiger partial charge in [0.05, 0.1) is 6.42 Å². The number of alkyl halides is 3. The molecule has 12 heteroatoms. The highest BCUT2D eigenvalue weighted by atomic mass is 32.1. The number of hydrogen-bond acceptors (Lipinski definition) is 5. The molecule has 2 aliphatic rings. The minimum Gasteiger partial charge on any atom is -0.475 e. The van der Waals surface area contributed by atoms with E-state index in [4.69, 9.17) is 9.90 Å². The van der Waals surface area contributed by atoms with Crippen LogP contribution >= 0.6 is 11.3 Å². The lowest BCUT2D eigenvalue weighted by molar-refractivity contribution is -0.192. The van der Waals surface area contributed by atoms with Crippen molar-refractivity contribution in [3.05, 3.63) is 118 Å². The number of halogens is 4. The Kier molecular flexibility index (Phi) is 15.4. The van der Waals surface area contributed by atoms with Crippen LogP contribution in [-0.2, 0) is 29.0 Å². The fraction of sp³-hybridized carbons (Fsp3) is 0.419. The van der Waals surface area contributed by atoms with Gasteiger partial charge in [-0.3, -0.25) is 9.59 Å². The second-order valence-corrected chi connectivity index (χ2v) is 15.4. The van der Waals surface area contributed by atoms with Crippen LogP contribution in [0.5, 0.6) is 0 Å². The molecule has 3 aromatic carbocycles. The number of thiophene rings is 1. The number of amides is 2. The van der Waals surface area contributed by atoms with E-state index in [1.165, 1.54) is 62.2 Å². The molecule has 294 valence electrons. The highest BCUT2D eigenvalue weighted by Gasteiger charge is 2.38. The van der Waals surface area contributed by atoms with E-state index in [1.54, 1.807) is 23.5 Å². The van der Waals surface area contributed by atoms with E-state index in [0.29, 0.717) is 18.7 Å². The van der Waals surface area contributed by atoms with E-state index in [2.05, 4.69) is 28.9 Å². The quantitative estimate of drug-likeness (QED) is 0.132. The summed E-state index contributed by atoms with van der Waals surface area (Å²) in [5.74, 6) is -1.38. The summed E-state index contributed by atoms with van der Waals surface area (Å²) in [5, 5.41) is 12.6. The lowest BCUT2D eigenvalue weighted by Crippen LogP contribution is -2.38. The van der Waals surface area contributed by atoms with Crippen LogP contribution in [-0.4, -0.2) is 71.6 Å². The van der Waals surface area contributed by atoms with Crippen LogP contribution in [0.25, 0.3) is 11.1 Å². The van der Waals surface area contributed by atoms with E-state index in [1.807, 2.05) is 52.3 Å². The molecule has 0 spiro atoms. The number of benzene rings is 3. The topological polar surface area (TPSA) is 90.0 Å². The van der Waals surface area contributed by atoms with Crippen molar-refractivity contribution in [3.8, 4) is 11.1 Å². The molecular weight excluding hydrogens is 731 g/mol. The molecule has 2 saturated heterocycles. The first kappa shape index (κ1) is 41.6. The molecule has 2 amide bonds. The highest BCUT2D eigenvalue weighted by molar-refractivity contribution is 7.09. The van der Waals surface area contributed by atoms with Crippen molar-refractivity contribution in [1.29, 1.82) is 0 Å². The maximum Gasteiger partial charge on any atom is 0.490 e. The van der Waals surface area contributed by atoms with Crippen LogP contribution < -0.4 is 5.32 Å². The number of carbonyl (C=O) groups excluding carboxylic acids is 2.